The van der Waals surface area contributed by atoms with Gasteiger partial charge in [-0.1, -0.05) is 37.6 Å². The highest BCUT2D eigenvalue weighted by atomic mass is 16.6. The molecule has 3 rings (SSSR count). The summed E-state index contributed by atoms with van der Waals surface area (Å²) in [5.74, 6) is -0.354. The summed E-state index contributed by atoms with van der Waals surface area (Å²) in [5.41, 5.74) is 5.61. The fraction of sp³-hybridized carbons (Fsp3) is 0.318. The first-order chi connectivity index (χ1) is 13.1. The molecule has 0 N–H and O–H groups in total. The van der Waals surface area contributed by atoms with Crippen LogP contribution in [0.5, 0.6) is 0 Å². The van der Waals surface area contributed by atoms with Crippen LogP contribution in [0.3, 0.4) is 0 Å². The molecule has 0 heterocycles. The van der Waals surface area contributed by atoms with Crippen molar-refractivity contribution >= 4 is 22.8 Å². The second-order valence-electron chi connectivity index (χ2n) is 6.72. The Labute approximate surface area is 158 Å². The summed E-state index contributed by atoms with van der Waals surface area (Å²) < 4.78 is 4.93. The zero-order chi connectivity index (χ0) is 19.4. The number of allylic oxidation sites excluding steroid dienone is 2. The van der Waals surface area contributed by atoms with E-state index in [9.17, 15) is 14.9 Å². The van der Waals surface area contributed by atoms with Gasteiger partial charge in [0.15, 0.2) is 0 Å². The van der Waals surface area contributed by atoms with E-state index in [1.807, 2.05) is 12.1 Å². The Bertz CT molecular complexity index is 883. The minimum absolute atomic E-state index is 0.0643. The molecule has 0 aliphatic heterocycles. The molecule has 0 spiro atoms. The number of rotatable bonds is 7. The van der Waals surface area contributed by atoms with Gasteiger partial charge in [0.2, 0.25) is 0 Å². The molecule has 27 heavy (non-hydrogen) atoms. The van der Waals surface area contributed by atoms with Crippen LogP contribution in [0.15, 0.2) is 48.5 Å². The molecule has 1 aliphatic rings. The highest BCUT2D eigenvalue weighted by Crippen LogP contribution is 2.50. The lowest BCUT2D eigenvalue weighted by atomic mass is 9.87. The molecule has 2 aromatic carbocycles. The Hall–Kier alpha value is -2.95. The highest BCUT2D eigenvalue weighted by molar-refractivity contribution is 6.00. The van der Waals surface area contributed by atoms with Crippen molar-refractivity contribution in [3.8, 4) is 0 Å². The van der Waals surface area contributed by atoms with Gasteiger partial charge in [0, 0.05) is 18.1 Å². The normalized spacial score (nSPS) is 15.6. The molecule has 140 valence electrons. The van der Waals surface area contributed by atoms with Crippen LogP contribution in [-0.4, -0.2) is 18.0 Å². The van der Waals surface area contributed by atoms with Crippen molar-refractivity contribution in [3.63, 3.8) is 0 Å². The molecule has 1 atom stereocenters. The maximum atomic E-state index is 12.1. The maximum Gasteiger partial charge on any atom is 0.306 e. The van der Waals surface area contributed by atoms with Crippen molar-refractivity contribution in [2.75, 3.05) is 7.11 Å². The van der Waals surface area contributed by atoms with Gasteiger partial charge in [-0.05, 0) is 52.8 Å². The lowest BCUT2D eigenvalue weighted by Gasteiger charge is -2.17. The van der Waals surface area contributed by atoms with E-state index < -0.39 is 4.92 Å². The second kappa shape index (κ2) is 8.16. The average Bonchev–Trinajstić information content (AvgIpc) is 2.99. The molecule has 0 saturated heterocycles. The van der Waals surface area contributed by atoms with Crippen LogP contribution in [0.2, 0.25) is 0 Å². The number of ether oxygens (including phenoxy) is 1. The summed E-state index contributed by atoms with van der Waals surface area (Å²) in [4.78, 5) is 22.7. The lowest BCUT2D eigenvalue weighted by molar-refractivity contribution is -0.384. The van der Waals surface area contributed by atoms with E-state index in [0.717, 1.165) is 36.0 Å². The number of unbranched alkanes of at least 4 members (excludes halogenated alkanes) is 1. The third kappa shape index (κ3) is 3.77. The first kappa shape index (κ1) is 18.8. The van der Waals surface area contributed by atoms with E-state index in [-0.39, 0.29) is 24.0 Å². The van der Waals surface area contributed by atoms with Crippen LogP contribution in [0.25, 0.3) is 11.1 Å². The van der Waals surface area contributed by atoms with Gasteiger partial charge < -0.3 is 4.74 Å². The summed E-state index contributed by atoms with van der Waals surface area (Å²) in [7, 11) is 1.40. The number of esters is 1. The van der Waals surface area contributed by atoms with E-state index in [1.165, 1.54) is 30.4 Å². The number of fused-ring (bicyclic) bond motifs is 1. The number of hydrogen-bond acceptors (Lipinski definition) is 4. The molecule has 0 saturated carbocycles. The molecule has 5 nitrogen and oxygen atoms in total. The van der Waals surface area contributed by atoms with Crippen molar-refractivity contribution in [2.45, 2.75) is 38.5 Å². The Morgan fingerprint density at radius 1 is 1.15 bits per heavy atom. The van der Waals surface area contributed by atoms with E-state index in [4.69, 9.17) is 4.74 Å². The number of methoxy groups -OCH3 is 1. The Kier molecular flexibility index (Phi) is 5.69. The quantitative estimate of drug-likeness (QED) is 0.376. The fourth-order valence-electron chi connectivity index (χ4n) is 3.81. The molecule has 2 aromatic rings. The van der Waals surface area contributed by atoms with Gasteiger partial charge in [0.1, 0.15) is 0 Å². The second-order valence-corrected chi connectivity index (χ2v) is 6.72. The van der Waals surface area contributed by atoms with Gasteiger partial charge in [0.25, 0.3) is 5.69 Å². The summed E-state index contributed by atoms with van der Waals surface area (Å²) in [6.07, 6.45) is 3.29. The zero-order valence-electron chi connectivity index (χ0n) is 15.6. The summed E-state index contributed by atoms with van der Waals surface area (Å²) in [5, 5.41) is 11.0. The Morgan fingerprint density at radius 3 is 2.48 bits per heavy atom. The molecule has 1 unspecified atom stereocenters. The van der Waals surface area contributed by atoms with Crippen molar-refractivity contribution < 1.29 is 14.5 Å². The van der Waals surface area contributed by atoms with Gasteiger partial charge in [-0.3, -0.25) is 14.9 Å². The van der Waals surface area contributed by atoms with Gasteiger partial charge in [0.05, 0.1) is 18.5 Å². The van der Waals surface area contributed by atoms with Crippen LogP contribution in [0, 0.1) is 10.1 Å². The van der Waals surface area contributed by atoms with Crippen molar-refractivity contribution in [2.24, 2.45) is 0 Å². The number of nitro groups is 1. The minimum atomic E-state index is -0.397. The first-order valence-electron chi connectivity index (χ1n) is 9.20. The van der Waals surface area contributed by atoms with Crippen molar-refractivity contribution in [1.82, 2.24) is 0 Å². The number of nitro benzene ring substituents is 1. The number of nitrogens with zero attached hydrogens (tertiary/aromatic N) is 1. The Morgan fingerprint density at radius 2 is 1.85 bits per heavy atom. The van der Waals surface area contributed by atoms with Gasteiger partial charge in [-0.25, -0.2) is 0 Å². The minimum Gasteiger partial charge on any atom is -0.469 e. The largest absolute Gasteiger partial charge is 0.469 e. The van der Waals surface area contributed by atoms with E-state index in [0.29, 0.717) is 0 Å². The zero-order valence-corrected chi connectivity index (χ0v) is 15.6. The smallest absolute Gasteiger partial charge is 0.306 e. The molecular weight excluding hydrogens is 342 g/mol. The SMILES string of the molecule is CCCCC1=C(c2ccc([N+](=O)[O-])cc2)C(CC(=O)OC)c2ccccc21. The monoisotopic (exact) mass is 365 g/mol. The Balaban J connectivity index is 2.13. The van der Waals surface area contributed by atoms with E-state index in [1.54, 1.807) is 12.1 Å². The number of hydrogen-bond donors (Lipinski definition) is 0. The number of carbonyl (C=O) groups is 1. The molecule has 0 fully saturated rings. The average molecular weight is 365 g/mol. The van der Waals surface area contributed by atoms with Gasteiger partial charge in [-0.2, -0.15) is 0 Å². The van der Waals surface area contributed by atoms with Gasteiger partial charge >= 0.3 is 5.97 Å². The lowest BCUT2D eigenvalue weighted by Crippen LogP contribution is -2.09. The summed E-state index contributed by atoms with van der Waals surface area (Å²) >= 11 is 0. The van der Waals surface area contributed by atoms with Crippen LogP contribution in [0.1, 0.15) is 55.2 Å². The molecule has 0 aromatic heterocycles. The molecule has 0 bridgehead atoms. The molecular formula is C22H23NO4. The third-order valence-electron chi connectivity index (χ3n) is 5.10. The predicted octanol–water partition coefficient (Wildman–Crippen LogP) is 5.36. The van der Waals surface area contributed by atoms with Crippen LogP contribution < -0.4 is 0 Å². The molecule has 1 aliphatic carbocycles. The molecule has 0 radical (unpaired) electrons. The van der Waals surface area contributed by atoms with Crippen LogP contribution >= 0.6 is 0 Å². The topological polar surface area (TPSA) is 69.4 Å². The number of benzene rings is 2. The fourth-order valence-corrected chi connectivity index (χ4v) is 3.81. The van der Waals surface area contributed by atoms with Crippen molar-refractivity contribution in [3.05, 3.63) is 75.3 Å². The van der Waals surface area contributed by atoms with Crippen molar-refractivity contribution in [1.29, 1.82) is 0 Å². The number of non-ortho nitro benzene ring substituents is 1. The number of carbonyl (C=O) groups excluding carboxylic acids is 1. The predicted molar refractivity (Wildman–Crippen MR) is 105 cm³/mol. The van der Waals surface area contributed by atoms with Crippen LogP contribution in [0.4, 0.5) is 5.69 Å². The van der Waals surface area contributed by atoms with E-state index >= 15 is 0 Å². The standard InChI is InChI=1S/C22H23NO4/c1-3-4-7-19-17-8-5-6-9-18(17)20(14-21(24)27-2)22(19)15-10-12-16(13-11-15)23(25)26/h5-6,8-13,20H,3-4,7,14H2,1-2H3. The summed E-state index contributed by atoms with van der Waals surface area (Å²) in [6.45, 7) is 2.15. The van der Waals surface area contributed by atoms with E-state index in [2.05, 4.69) is 19.1 Å². The highest BCUT2D eigenvalue weighted by Gasteiger charge is 2.33. The molecule has 5 heteroatoms. The summed E-state index contributed by atoms with van der Waals surface area (Å²) in [6, 6.07) is 14.8. The third-order valence-corrected chi connectivity index (χ3v) is 5.10. The molecule has 0 amide bonds. The maximum absolute atomic E-state index is 12.1. The first-order valence-corrected chi connectivity index (χ1v) is 9.20. The van der Waals surface area contributed by atoms with Crippen LogP contribution in [-0.2, 0) is 9.53 Å². The van der Waals surface area contributed by atoms with Gasteiger partial charge in [-0.15, -0.1) is 0 Å².